The van der Waals surface area contributed by atoms with Gasteiger partial charge in [0.15, 0.2) is 0 Å². The molecule has 7 heteroatoms. The van der Waals surface area contributed by atoms with Crippen LogP contribution in [0.1, 0.15) is 57.5 Å². The number of ether oxygens (including phenoxy) is 1. The van der Waals surface area contributed by atoms with E-state index in [2.05, 4.69) is 51.6 Å². The van der Waals surface area contributed by atoms with E-state index >= 15 is 0 Å². The van der Waals surface area contributed by atoms with Crippen molar-refractivity contribution >= 4 is 39.3 Å². The van der Waals surface area contributed by atoms with Gasteiger partial charge in [-0.25, -0.2) is 14.8 Å². The summed E-state index contributed by atoms with van der Waals surface area (Å²) in [5.41, 5.74) is 3.47. The highest BCUT2D eigenvalue weighted by Crippen LogP contribution is 2.42. The summed E-state index contributed by atoms with van der Waals surface area (Å²) in [4.78, 5) is 21.3. The zero-order valence-electron chi connectivity index (χ0n) is 17.7. The Labute approximate surface area is 186 Å². The van der Waals surface area contributed by atoms with E-state index in [1.54, 1.807) is 13.0 Å². The Morgan fingerprint density at radius 1 is 1.34 bits per heavy atom. The predicted octanol–water partition coefficient (Wildman–Crippen LogP) is 7.07. The van der Waals surface area contributed by atoms with Gasteiger partial charge in [-0.1, -0.05) is 37.6 Å². The molecule has 1 heterocycles. The number of aromatic nitrogens is 2. The molecule has 0 aliphatic carbocycles. The molecule has 0 unspecified atom stereocenters. The molecule has 1 amide bonds. The molecule has 0 saturated carbocycles. The topological polar surface area (TPSA) is 64.1 Å². The number of rotatable bonds is 5. The number of nitrogens with zero attached hydrogens (tertiary/aromatic N) is 2. The predicted molar refractivity (Wildman–Crippen MR) is 123 cm³/mol. The van der Waals surface area contributed by atoms with Crippen LogP contribution in [0.5, 0.6) is 0 Å². The zero-order valence-corrected chi connectivity index (χ0v) is 20.0. The monoisotopic (exact) mass is 479 g/mol. The molecule has 1 N–H and O–H groups in total. The Balaban J connectivity index is 2.68. The third-order valence-corrected chi connectivity index (χ3v) is 5.22. The van der Waals surface area contributed by atoms with Gasteiger partial charge in [0.2, 0.25) is 0 Å². The Morgan fingerprint density at radius 2 is 2.00 bits per heavy atom. The molecule has 1 aromatic carbocycles. The number of anilines is 1. The van der Waals surface area contributed by atoms with E-state index in [1.165, 1.54) is 0 Å². The third-order valence-electron chi connectivity index (χ3n) is 4.09. The number of aryl methyl sites for hydroxylation is 1. The van der Waals surface area contributed by atoms with Crippen LogP contribution < -0.4 is 5.32 Å². The number of halogens is 2. The lowest BCUT2D eigenvalue weighted by atomic mass is 9.92. The minimum absolute atomic E-state index is 0.225. The van der Waals surface area contributed by atoms with Crippen LogP contribution in [0.25, 0.3) is 11.3 Å². The maximum absolute atomic E-state index is 12.3. The molecular formula is C22H27BrClN3O2. The first-order chi connectivity index (χ1) is 13.4. The van der Waals surface area contributed by atoms with Gasteiger partial charge in [-0.2, -0.15) is 0 Å². The smallest absolute Gasteiger partial charge is 0.412 e. The van der Waals surface area contributed by atoms with Crippen molar-refractivity contribution in [1.82, 2.24) is 9.97 Å². The lowest BCUT2D eigenvalue weighted by Gasteiger charge is -2.22. The number of amides is 1. The van der Waals surface area contributed by atoms with Gasteiger partial charge in [-0.05, 0) is 67.6 Å². The number of carbonyl (C=O) groups is 1. The van der Waals surface area contributed by atoms with Gasteiger partial charge in [0.05, 0.1) is 15.9 Å². The quantitative estimate of drug-likeness (QED) is 0.367. The second kappa shape index (κ2) is 9.26. The maximum atomic E-state index is 12.3. The number of hydrogen-bond acceptors (Lipinski definition) is 4. The second-order valence-corrected chi connectivity index (χ2v) is 9.21. The van der Waals surface area contributed by atoms with E-state index in [-0.39, 0.29) is 5.92 Å². The minimum atomic E-state index is -0.592. The lowest BCUT2D eigenvalue weighted by Crippen LogP contribution is -2.27. The highest BCUT2D eigenvalue weighted by atomic mass is 79.9. The molecule has 0 saturated heterocycles. The van der Waals surface area contributed by atoms with Crippen molar-refractivity contribution in [2.45, 2.75) is 59.5 Å². The summed E-state index contributed by atoms with van der Waals surface area (Å²) >= 11 is 10.1. The van der Waals surface area contributed by atoms with Gasteiger partial charge in [0.25, 0.3) is 0 Å². The van der Waals surface area contributed by atoms with Gasteiger partial charge in [0.1, 0.15) is 16.6 Å². The molecule has 0 radical (unpaired) electrons. The lowest BCUT2D eigenvalue weighted by molar-refractivity contribution is 0.0636. The van der Waals surface area contributed by atoms with Gasteiger partial charge in [0, 0.05) is 11.1 Å². The van der Waals surface area contributed by atoms with E-state index in [0.29, 0.717) is 27.6 Å². The van der Waals surface area contributed by atoms with Crippen LogP contribution >= 0.6 is 27.5 Å². The van der Waals surface area contributed by atoms with Gasteiger partial charge >= 0.3 is 6.09 Å². The van der Waals surface area contributed by atoms with E-state index in [9.17, 15) is 4.79 Å². The first kappa shape index (κ1) is 23.4. The van der Waals surface area contributed by atoms with Crippen LogP contribution in [-0.4, -0.2) is 21.7 Å². The third kappa shape index (κ3) is 5.80. The van der Waals surface area contributed by atoms with Crippen molar-refractivity contribution in [1.29, 1.82) is 0 Å². The fourth-order valence-electron chi connectivity index (χ4n) is 2.92. The highest BCUT2D eigenvalue weighted by Gasteiger charge is 2.23. The molecule has 1 aromatic heterocycles. The van der Waals surface area contributed by atoms with Crippen LogP contribution in [0.3, 0.4) is 0 Å². The molecule has 156 valence electrons. The summed E-state index contributed by atoms with van der Waals surface area (Å²) in [6, 6.07) is 3.84. The van der Waals surface area contributed by atoms with Crippen LogP contribution in [0.2, 0.25) is 5.15 Å². The van der Waals surface area contributed by atoms with Gasteiger partial charge < -0.3 is 4.74 Å². The Bertz CT molecular complexity index is 937. The normalized spacial score (nSPS) is 11.5. The molecule has 2 aromatic rings. The van der Waals surface area contributed by atoms with E-state index < -0.39 is 11.7 Å². The summed E-state index contributed by atoms with van der Waals surface area (Å²) in [5.74, 6) is 0.799. The van der Waals surface area contributed by atoms with E-state index in [4.69, 9.17) is 16.3 Å². The zero-order chi connectivity index (χ0) is 21.9. The largest absolute Gasteiger partial charge is 0.444 e. The number of nitrogens with one attached hydrogen (secondary N) is 1. The number of allylic oxidation sites excluding steroid dienone is 1. The fourth-order valence-corrected chi connectivity index (χ4v) is 3.85. The summed E-state index contributed by atoms with van der Waals surface area (Å²) < 4.78 is 6.11. The first-order valence-corrected chi connectivity index (χ1v) is 10.6. The maximum Gasteiger partial charge on any atom is 0.412 e. The van der Waals surface area contributed by atoms with E-state index in [0.717, 1.165) is 22.4 Å². The Morgan fingerprint density at radius 3 is 2.55 bits per heavy atom. The fraction of sp³-hybridized carbons (Fsp3) is 0.409. The summed E-state index contributed by atoms with van der Waals surface area (Å²) in [7, 11) is 0. The number of benzene rings is 1. The number of carbonyl (C=O) groups excluding carboxylic acids is 1. The Kier molecular flexibility index (Phi) is 7.46. The van der Waals surface area contributed by atoms with Crippen molar-refractivity contribution in [2.24, 2.45) is 0 Å². The molecule has 2 rings (SSSR count). The second-order valence-electron chi connectivity index (χ2n) is 8.05. The molecular weight excluding hydrogens is 454 g/mol. The van der Waals surface area contributed by atoms with Crippen molar-refractivity contribution < 1.29 is 9.53 Å². The molecule has 29 heavy (non-hydrogen) atoms. The van der Waals surface area contributed by atoms with E-state index in [1.807, 2.05) is 32.9 Å². The highest BCUT2D eigenvalue weighted by molar-refractivity contribution is 9.10. The standard InChI is InChI=1S/C22H27BrClN3O2/c1-8-9-15-19(25-13(4)26-20(15)24)17-14(12(2)3)10-11-16(18(17)23)27-21(28)29-22(5,6)7/h8,10-12H,1,9H2,2-7H3,(H,27,28). The summed E-state index contributed by atoms with van der Waals surface area (Å²) in [5, 5.41) is 3.22. The molecule has 0 aliphatic heterocycles. The van der Waals surface area contributed by atoms with Gasteiger partial charge in [-0.3, -0.25) is 5.32 Å². The molecule has 0 fully saturated rings. The first-order valence-electron chi connectivity index (χ1n) is 9.41. The molecule has 0 bridgehead atoms. The van der Waals surface area contributed by atoms with Crippen molar-refractivity contribution in [3.05, 3.63) is 51.4 Å². The number of hydrogen-bond donors (Lipinski definition) is 1. The van der Waals surface area contributed by atoms with Crippen LogP contribution in [0.4, 0.5) is 10.5 Å². The van der Waals surface area contributed by atoms with Crippen LogP contribution in [0.15, 0.2) is 29.3 Å². The average molecular weight is 481 g/mol. The van der Waals surface area contributed by atoms with Crippen molar-refractivity contribution in [3.8, 4) is 11.3 Å². The Hall–Kier alpha value is -1.92. The SMILES string of the molecule is C=CCc1c(Cl)nc(C)nc1-c1c(C(C)C)ccc(NC(=O)OC(C)(C)C)c1Br. The van der Waals surface area contributed by atoms with Crippen molar-refractivity contribution in [2.75, 3.05) is 5.32 Å². The van der Waals surface area contributed by atoms with Crippen LogP contribution in [0, 0.1) is 6.92 Å². The molecule has 0 atom stereocenters. The molecule has 0 aliphatic rings. The molecule has 5 nitrogen and oxygen atoms in total. The average Bonchev–Trinajstić information content (AvgIpc) is 2.57. The van der Waals surface area contributed by atoms with Gasteiger partial charge in [-0.15, -0.1) is 6.58 Å². The van der Waals surface area contributed by atoms with Crippen LogP contribution in [-0.2, 0) is 11.2 Å². The summed E-state index contributed by atoms with van der Waals surface area (Å²) in [6.45, 7) is 15.3. The summed E-state index contributed by atoms with van der Waals surface area (Å²) in [6.07, 6.45) is 1.78. The molecule has 0 spiro atoms. The van der Waals surface area contributed by atoms with Crippen molar-refractivity contribution in [3.63, 3.8) is 0 Å². The minimum Gasteiger partial charge on any atom is -0.444 e.